The van der Waals surface area contributed by atoms with Crippen LogP contribution in [0.15, 0.2) is 85.1 Å². The Kier molecular flexibility index (Phi) is 7.60. The first-order chi connectivity index (χ1) is 19.8. The van der Waals surface area contributed by atoms with Gasteiger partial charge in [-0.05, 0) is 42.0 Å². The number of ketones is 1. The lowest BCUT2D eigenvalue weighted by Gasteiger charge is -2.20. The van der Waals surface area contributed by atoms with Gasteiger partial charge < -0.3 is 5.73 Å². The fourth-order valence-corrected chi connectivity index (χ4v) is 4.84. The number of quaternary nitrogens is 1. The molecule has 0 unspecified atom stereocenters. The van der Waals surface area contributed by atoms with E-state index in [0.717, 1.165) is 0 Å². The summed E-state index contributed by atoms with van der Waals surface area (Å²) >= 11 is 6.28. The molecule has 42 heavy (non-hydrogen) atoms. The summed E-state index contributed by atoms with van der Waals surface area (Å²) in [6.45, 7) is -0.371. The summed E-state index contributed by atoms with van der Waals surface area (Å²) in [6, 6.07) is 17.8. The van der Waals surface area contributed by atoms with E-state index in [1.54, 1.807) is 48.5 Å². The number of hydrogen-bond donors (Lipinski definition) is 3. The lowest BCUT2D eigenvalue weighted by Crippen LogP contribution is -2.96. The lowest BCUT2D eigenvalue weighted by molar-refractivity contribution is -0.820. The number of nitrogens with zero attached hydrogens (tertiary/aromatic N) is 2. The van der Waals surface area contributed by atoms with Gasteiger partial charge in [-0.15, -0.1) is 5.53 Å². The van der Waals surface area contributed by atoms with Crippen molar-refractivity contribution in [2.45, 2.75) is 18.9 Å². The van der Waals surface area contributed by atoms with E-state index in [2.05, 4.69) is 10.4 Å². The second-order valence-electron chi connectivity index (χ2n) is 9.34. The van der Waals surface area contributed by atoms with Crippen LogP contribution in [0.3, 0.4) is 0 Å². The van der Waals surface area contributed by atoms with Crippen LogP contribution in [0.25, 0.3) is 11.4 Å². The number of alkyl halides is 6. The normalized spacial score (nSPS) is 13.8. The molecule has 6 nitrogen and oxygen atoms in total. The molecule has 1 aliphatic rings. The Labute approximate surface area is 240 Å². The van der Waals surface area contributed by atoms with Crippen molar-refractivity contribution in [1.82, 2.24) is 15.4 Å². The number of carbonyl (C=O) groups is 1. The SMILES string of the molecule is Nc1ccnc(C2=C(c3ccccc3)N(Cc3cc(C(F)(F)F)cc(C(F)(F)F)c3)[NH2+]N2)c1C(=O)c1ccccc1Cl. The molecule has 0 saturated carbocycles. The molecule has 1 aliphatic heterocycles. The predicted molar refractivity (Wildman–Crippen MR) is 144 cm³/mol. The van der Waals surface area contributed by atoms with Crippen molar-refractivity contribution in [3.05, 3.63) is 129 Å². The average molecular weight is 605 g/mol. The Morgan fingerprint density at radius 1 is 0.905 bits per heavy atom. The third kappa shape index (κ3) is 5.76. The number of rotatable bonds is 6. The molecule has 0 aliphatic carbocycles. The minimum absolute atomic E-state index is 0.0233. The zero-order chi connectivity index (χ0) is 30.2. The summed E-state index contributed by atoms with van der Waals surface area (Å²) in [5.74, 6) is -0.519. The molecule has 216 valence electrons. The number of nitrogen functional groups attached to an aromatic ring is 1. The highest BCUT2D eigenvalue weighted by Crippen LogP contribution is 2.38. The van der Waals surface area contributed by atoms with E-state index in [-0.39, 0.29) is 51.4 Å². The maximum absolute atomic E-state index is 13.7. The summed E-state index contributed by atoms with van der Waals surface area (Å²) in [5, 5.41) is 1.64. The van der Waals surface area contributed by atoms with Gasteiger partial charge in [0.15, 0.2) is 5.78 Å². The highest BCUT2D eigenvalue weighted by atomic mass is 35.5. The molecule has 0 saturated heterocycles. The minimum atomic E-state index is -4.99. The zero-order valence-corrected chi connectivity index (χ0v) is 22.1. The summed E-state index contributed by atoms with van der Waals surface area (Å²) in [4.78, 5) is 18.1. The molecule has 3 aromatic carbocycles. The van der Waals surface area contributed by atoms with Crippen molar-refractivity contribution in [3.63, 3.8) is 0 Å². The standard InChI is InChI=1S/C29H20ClF6N5O/c30-21-9-5-4-8-20(21)27(42)23-22(37)10-11-38-24(23)25-26(17-6-2-1-3-7-17)41(40-39-25)15-16-12-18(28(31,32)33)14-19(13-16)29(34,35)36/h1-14,39-40H,15H2,(H2,37,38)/p+1. The number of halogens is 7. The molecule has 5 rings (SSSR count). The molecule has 0 spiro atoms. The number of benzene rings is 3. The van der Waals surface area contributed by atoms with Crippen LogP contribution in [-0.4, -0.2) is 15.8 Å². The number of nitrogens with two attached hydrogens (primary N) is 2. The maximum atomic E-state index is 13.7. The highest BCUT2D eigenvalue weighted by Gasteiger charge is 2.38. The van der Waals surface area contributed by atoms with Crippen LogP contribution in [0, 0.1) is 0 Å². The first kappa shape index (κ1) is 29.0. The van der Waals surface area contributed by atoms with Crippen LogP contribution in [0.4, 0.5) is 32.0 Å². The van der Waals surface area contributed by atoms with Gasteiger partial charge in [-0.1, -0.05) is 54.1 Å². The predicted octanol–water partition coefficient (Wildman–Crippen LogP) is 5.91. The molecule has 0 amide bonds. The molecule has 1 aromatic heterocycles. The average Bonchev–Trinajstić information content (AvgIpc) is 3.35. The number of carbonyl (C=O) groups excluding carboxylic acids is 1. The summed E-state index contributed by atoms with van der Waals surface area (Å²) in [6.07, 6.45) is -8.60. The first-order valence-corrected chi connectivity index (χ1v) is 12.7. The summed E-state index contributed by atoms with van der Waals surface area (Å²) < 4.78 is 81.2. The number of pyridine rings is 1. The van der Waals surface area contributed by atoms with Gasteiger partial charge in [-0.2, -0.15) is 31.4 Å². The Balaban J connectivity index is 1.66. The van der Waals surface area contributed by atoms with E-state index in [0.29, 0.717) is 23.4 Å². The van der Waals surface area contributed by atoms with Crippen molar-refractivity contribution in [2.24, 2.45) is 0 Å². The number of aromatic nitrogens is 1. The lowest BCUT2D eigenvalue weighted by atomic mass is 9.97. The van der Waals surface area contributed by atoms with Crippen LogP contribution < -0.4 is 16.7 Å². The Bertz CT molecular complexity index is 1660. The van der Waals surface area contributed by atoms with Crippen LogP contribution in [0.2, 0.25) is 5.02 Å². The quantitative estimate of drug-likeness (QED) is 0.145. The Hall–Kier alpha value is -4.55. The van der Waals surface area contributed by atoms with E-state index in [9.17, 15) is 31.1 Å². The first-order valence-electron chi connectivity index (χ1n) is 12.3. The molecule has 0 atom stereocenters. The number of anilines is 1. The van der Waals surface area contributed by atoms with Gasteiger partial charge in [-0.3, -0.25) is 9.78 Å². The van der Waals surface area contributed by atoms with Crippen LogP contribution >= 0.6 is 11.6 Å². The fourth-order valence-electron chi connectivity index (χ4n) is 4.62. The van der Waals surface area contributed by atoms with E-state index in [1.165, 1.54) is 28.9 Å². The van der Waals surface area contributed by atoms with E-state index in [4.69, 9.17) is 17.3 Å². The third-order valence-electron chi connectivity index (χ3n) is 6.50. The smallest absolute Gasteiger partial charge is 0.398 e. The van der Waals surface area contributed by atoms with Gasteiger partial charge in [0.05, 0.1) is 28.3 Å². The van der Waals surface area contributed by atoms with Gasteiger partial charge in [0.2, 0.25) is 0 Å². The van der Waals surface area contributed by atoms with Crippen molar-refractivity contribution in [3.8, 4) is 0 Å². The number of nitrogens with one attached hydrogen (secondary N) is 1. The third-order valence-corrected chi connectivity index (χ3v) is 6.83. The van der Waals surface area contributed by atoms with Crippen LogP contribution in [0.1, 0.15) is 43.9 Å². The monoisotopic (exact) mass is 604 g/mol. The molecular formula is C29H21ClF6N5O+. The summed E-state index contributed by atoms with van der Waals surface area (Å²) in [5.41, 5.74) is 9.14. The fraction of sp³-hybridized carbons (Fsp3) is 0.103. The van der Waals surface area contributed by atoms with Crippen molar-refractivity contribution < 1.29 is 36.7 Å². The van der Waals surface area contributed by atoms with Crippen molar-refractivity contribution in [2.75, 3.05) is 5.73 Å². The van der Waals surface area contributed by atoms with Gasteiger partial charge >= 0.3 is 12.4 Å². The molecule has 5 N–H and O–H groups in total. The maximum Gasteiger partial charge on any atom is 0.416 e. The molecule has 4 aromatic rings. The Morgan fingerprint density at radius 3 is 2.14 bits per heavy atom. The van der Waals surface area contributed by atoms with E-state index < -0.39 is 29.3 Å². The molecule has 0 bridgehead atoms. The molecule has 0 radical (unpaired) electrons. The van der Waals surface area contributed by atoms with Crippen LogP contribution in [0.5, 0.6) is 0 Å². The topological polar surface area (TPSA) is 87.9 Å². The highest BCUT2D eigenvalue weighted by molar-refractivity contribution is 6.35. The molecule has 13 heteroatoms. The van der Waals surface area contributed by atoms with Gasteiger partial charge in [0.25, 0.3) is 0 Å². The van der Waals surface area contributed by atoms with Gasteiger partial charge in [-0.25, -0.2) is 5.43 Å². The molecule has 2 heterocycles. The number of hydrogen-bond acceptors (Lipinski definition) is 5. The van der Waals surface area contributed by atoms with Crippen molar-refractivity contribution in [1.29, 1.82) is 0 Å². The minimum Gasteiger partial charge on any atom is -0.398 e. The van der Waals surface area contributed by atoms with Crippen LogP contribution in [-0.2, 0) is 18.9 Å². The van der Waals surface area contributed by atoms with Crippen molar-refractivity contribution >= 4 is 34.5 Å². The van der Waals surface area contributed by atoms with Gasteiger partial charge in [0.1, 0.15) is 17.1 Å². The zero-order valence-electron chi connectivity index (χ0n) is 21.4. The molecular weight excluding hydrogens is 584 g/mol. The summed E-state index contributed by atoms with van der Waals surface area (Å²) in [7, 11) is 0. The molecule has 0 fully saturated rings. The van der Waals surface area contributed by atoms with Gasteiger partial charge in [0, 0.05) is 23.0 Å². The second kappa shape index (κ2) is 11.0. The van der Waals surface area contributed by atoms with E-state index >= 15 is 0 Å². The van der Waals surface area contributed by atoms with E-state index in [1.807, 2.05) is 0 Å². The Morgan fingerprint density at radius 2 is 1.52 bits per heavy atom. The largest absolute Gasteiger partial charge is 0.416 e. The second-order valence-corrected chi connectivity index (χ2v) is 9.75.